The highest BCUT2D eigenvalue weighted by Gasteiger charge is 2.21. The number of aromatic amines is 1. The number of amides is 1. The average Bonchev–Trinajstić information content (AvgIpc) is 2.48. The highest BCUT2D eigenvalue weighted by molar-refractivity contribution is 5.96. The number of H-pyrrole nitrogens is 1. The van der Waals surface area contributed by atoms with Gasteiger partial charge >= 0.3 is 0 Å². The Kier molecular flexibility index (Phi) is 4.49. The highest BCUT2D eigenvalue weighted by Crippen LogP contribution is 2.13. The van der Waals surface area contributed by atoms with Crippen LogP contribution in [0.1, 0.15) is 44.5 Å². The molecule has 118 valence electrons. The third-order valence-electron chi connectivity index (χ3n) is 3.57. The van der Waals surface area contributed by atoms with Crippen molar-refractivity contribution in [3.63, 3.8) is 0 Å². The Balaban J connectivity index is 2.45. The van der Waals surface area contributed by atoms with Crippen molar-refractivity contribution >= 4 is 16.9 Å². The molecule has 0 aliphatic carbocycles. The van der Waals surface area contributed by atoms with Gasteiger partial charge in [0.15, 0.2) is 0 Å². The van der Waals surface area contributed by atoms with Gasteiger partial charge in [-0.1, -0.05) is 6.92 Å². The van der Waals surface area contributed by atoms with E-state index in [1.807, 2.05) is 27.7 Å². The van der Waals surface area contributed by atoms with Crippen molar-refractivity contribution in [2.24, 2.45) is 0 Å². The predicted molar refractivity (Wildman–Crippen MR) is 85.4 cm³/mol. The van der Waals surface area contributed by atoms with E-state index in [0.717, 1.165) is 6.42 Å². The highest BCUT2D eigenvalue weighted by atomic mass is 16.5. The van der Waals surface area contributed by atoms with E-state index in [2.05, 4.69) is 15.3 Å². The first kappa shape index (κ1) is 16.0. The minimum atomic E-state index is -0.404. The normalized spacial score (nSPS) is 11.5. The van der Waals surface area contributed by atoms with Gasteiger partial charge in [0.1, 0.15) is 11.1 Å². The molecule has 0 fully saturated rings. The minimum absolute atomic E-state index is 0.0511. The van der Waals surface area contributed by atoms with Crippen molar-refractivity contribution in [3.05, 3.63) is 34.1 Å². The number of fused-ring (bicyclic) bond motifs is 1. The molecular weight excluding hydrogens is 282 g/mol. The Labute approximate surface area is 128 Å². The third kappa shape index (κ3) is 3.27. The molecule has 0 spiro atoms. The lowest BCUT2D eigenvalue weighted by atomic mass is 10.0. The SMILES string of the molecule is CCOc1ccc2[nH]cc(C(=O)NC(C)(C)CC)c(=O)c2n1. The summed E-state index contributed by atoms with van der Waals surface area (Å²) in [7, 11) is 0. The molecule has 0 atom stereocenters. The molecule has 0 unspecified atom stereocenters. The molecule has 0 bridgehead atoms. The van der Waals surface area contributed by atoms with Gasteiger partial charge in [-0.25, -0.2) is 4.98 Å². The molecule has 2 N–H and O–H groups in total. The summed E-state index contributed by atoms with van der Waals surface area (Å²) in [6, 6.07) is 3.40. The number of hydrogen-bond donors (Lipinski definition) is 2. The maximum atomic E-state index is 12.5. The second-order valence-electron chi connectivity index (χ2n) is 5.70. The summed E-state index contributed by atoms with van der Waals surface area (Å²) < 4.78 is 5.30. The lowest BCUT2D eigenvalue weighted by molar-refractivity contribution is 0.0910. The summed E-state index contributed by atoms with van der Waals surface area (Å²) in [6.07, 6.45) is 2.19. The molecule has 0 radical (unpaired) electrons. The first-order valence-electron chi connectivity index (χ1n) is 7.35. The first-order valence-corrected chi connectivity index (χ1v) is 7.35. The second kappa shape index (κ2) is 6.17. The Morgan fingerprint density at radius 1 is 1.36 bits per heavy atom. The molecule has 0 saturated heterocycles. The number of aromatic nitrogens is 2. The predicted octanol–water partition coefficient (Wildman–Crippen LogP) is 2.24. The molecule has 0 aromatic carbocycles. The molecule has 2 aromatic heterocycles. The van der Waals surface area contributed by atoms with Gasteiger partial charge in [0.2, 0.25) is 11.3 Å². The van der Waals surface area contributed by atoms with Gasteiger partial charge in [0.25, 0.3) is 5.91 Å². The van der Waals surface area contributed by atoms with Gasteiger partial charge in [-0.05, 0) is 33.3 Å². The van der Waals surface area contributed by atoms with E-state index in [-0.39, 0.29) is 16.6 Å². The zero-order chi connectivity index (χ0) is 16.3. The summed E-state index contributed by atoms with van der Waals surface area (Å²) in [6.45, 7) is 8.09. The Morgan fingerprint density at radius 2 is 2.09 bits per heavy atom. The molecule has 6 nitrogen and oxygen atoms in total. The fourth-order valence-electron chi connectivity index (χ4n) is 1.93. The molecule has 0 aliphatic rings. The van der Waals surface area contributed by atoms with Gasteiger partial charge in [0, 0.05) is 17.8 Å². The summed E-state index contributed by atoms with van der Waals surface area (Å²) in [5, 5.41) is 2.85. The molecule has 0 saturated carbocycles. The van der Waals surface area contributed by atoms with Crippen LogP contribution in [0.15, 0.2) is 23.1 Å². The topological polar surface area (TPSA) is 84.1 Å². The molecule has 0 aliphatic heterocycles. The Bertz CT molecular complexity index is 750. The number of rotatable bonds is 5. The largest absolute Gasteiger partial charge is 0.478 e. The van der Waals surface area contributed by atoms with Crippen LogP contribution in [0, 0.1) is 0 Å². The number of nitrogens with zero attached hydrogens (tertiary/aromatic N) is 1. The molecular formula is C16H21N3O3. The van der Waals surface area contributed by atoms with Crippen molar-refractivity contribution in [2.45, 2.75) is 39.7 Å². The Hall–Kier alpha value is -2.37. The van der Waals surface area contributed by atoms with Gasteiger partial charge in [-0.15, -0.1) is 0 Å². The lowest BCUT2D eigenvalue weighted by Crippen LogP contribution is -2.44. The fourth-order valence-corrected chi connectivity index (χ4v) is 1.93. The zero-order valence-corrected chi connectivity index (χ0v) is 13.3. The fraction of sp³-hybridized carbons (Fsp3) is 0.438. The standard InChI is InChI=1S/C16H21N3O3/c1-5-16(3,4)19-15(21)10-9-17-11-7-8-12(22-6-2)18-13(11)14(10)20/h7-9H,5-6H2,1-4H3,(H,17,20)(H,19,21). The lowest BCUT2D eigenvalue weighted by Gasteiger charge is -2.24. The van der Waals surface area contributed by atoms with Crippen molar-refractivity contribution in [1.29, 1.82) is 0 Å². The number of nitrogens with one attached hydrogen (secondary N) is 2. The second-order valence-corrected chi connectivity index (χ2v) is 5.70. The van der Waals surface area contributed by atoms with E-state index < -0.39 is 11.3 Å². The van der Waals surface area contributed by atoms with E-state index in [1.54, 1.807) is 12.1 Å². The van der Waals surface area contributed by atoms with E-state index in [9.17, 15) is 9.59 Å². The van der Waals surface area contributed by atoms with Crippen LogP contribution in [0.3, 0.4) is 0 Å². The van der Waals surface area contributed by atoms with Crippen molar-refractivity contribution in [2.75, 3.05) is 6.61 Å². The third-order valence-corrected chi connectivity index (χ3v) is 3.57. The maximum Gasteiger partial charge on any atom is 0.257 e. The molecule has 1 amide bonds. The van der Waals surface area contributed by atoms with E-state index in [4.69, 9.17) is 4.74 Å². The number of hydrogen-bond acceptors (Lipinski definition) is 4. The van der Waals surface area contributed by atoms with Crippen LogP contribution in [-0.2, 0) is 0 Å². The van der Waals surface area contributed by atoms with Gasteiger partial charge in [-0.2, -0.15) is 0 Å². The van der Waals surface area contributed by atoms with Crippen LogP contribution in [0.4, 0.5) is 0 Å². The summed E-state index contributed by atoms with van der Waals surface area (Å²) in [5.74, 6) is -0.0365. The molecule has 2 rings (SSSR count). The molecule has 6 heteroatoms. The van der Waals surface area contributed by atoms with Crippen molar-refractivity contribution < 1.29 is 9.53 Å². The van der Waals surface area contributed by atoms with E-state index in [0.29, 0.717) is 18.0 Å². The summed E-state index contributed by atoms with van der Waals surface area (Å²) >= 11 is 0. The van der Waals surface area contributed by atoms with Crippen LogP contribution in [-0.4, -0.2) is 28.0 Å². The van der Waals surface area contributed by atoms with Gasteiger partial charge < -0.3 is 15.0 Å². The van der Waals surface area contributed by atoms with Crippen LogP contribution >= 0.6 is 0 Å². The first-order chi connectivity index (χ1) is 10.4. The molecule has 2 heterocycles. The van der Waals surface area contributed by atoms with E-state index >= 15 is 0 Å². The average molecular weight is 303 g/mol. The van der Waals surface area contributed by atoms with Crippen LogP contribution in [0.2, 0.25) is 0 Å². The molecule has 22 heavy (non-hydrogen) atoms. The Morgan fingerprint density at radius 3 is 2.73 bits per heavy atom. The number of carbonyl (C=O) groups is 1. The number of ether oxygens (including phenoxy) is 1. The van der Waals surface area contributed by atoms with E-state index in [1.165, 1.54) is 6.20 Å². The maximum absolute atomic E-state index is 12.5. The number of pyridine rings is 2. The van der Waals surface area contributed by atoms with Gasteiger partial charge in [0.05, 0.1) is 12.1 Å². The van der Waals surface area contributed by atoms with Gasteiger partial charge in [-0.3, -0.25) is 9.59 Å². The quantitative estimate of drug-likeness (QED) is 0.887. The molecule has 2 aromatic rings. The van der Waals surface area contributed by atoms with Crippen molar-refractivity contribution in [3.8, 4) is 5.88 Å². The monoisotopic (exact) mass is 303 g/mol. The van der Waals surface area contributed by atoms with Crippen LogP contribution in [0.25, 0.3) is 11.0 Å². The minimum Gasteiger partial charge on any atom is -0.478 e. The van der Waals surface area contributed by atoms with Crippen molar-refractivity contribution in [1.82, 2.24) is 15.3 Å². The van der Waals surface area contributed by atoms with Crippen LogP contribution in [0.5, 0.6) is 5.88 Å². The summed E-state index contributed by atoms with van der Waals surface area (Å²) in [4.78, 5) is 31.9. The zero-order valence-electron chi connectivity index (χ0n) is 13.3. The van der Waals surface area contributed by atoms with Crippen LogP contribution < -0.4 is 15.5 Å². The summed E-state index contributed by atoms with van der Waals surface area (Å²) in [5.41, 5.74) is 0.0431. The number of carbonyl (C=O) groups excluding carboxylic acids is 1. The smallest absolute Gasteiger partial charge is 0.257 e.